The van der Waals surface area contributed by atoms with Gasteiger partial charge >= 0.3 is 0 Å². The Kier molecular flexibility index (Phi) is 0.799. The predicted molar refractivity (Wildman–Crippen MR) is 21.8 cm³/mol. The lowest BCUT2D eigenvalue weighted by molar-refractivity contribution is 0.00188. The summed E-state index contributed by atoms with van der Waals surface area (Å²) in [6, 6.07) is 0. The number of aliphatic hydroxyl groups is 1. The zero-order valence-electron chi connectivity index (χ0n) is 3.46. The summed E-state index contributed by atoms with van der Waals surface area (Å²) < 4.78 is 0. The maximum absolute atomic E-state index is 8.50. The van der Waals surface area contributed by atoms with Gasteiger partial charge in [-0.3, -0.25) is 5.84 Å². The quantitative estimate of drug-likeness (QED) is 0.356. The zero-order chi connectivity index (χ0) is 4.57. The molecular weight excluding hydrogens is 80.0 g/mol. The minimum atomic E-state index is -0.157. The standard InChI is InChI=1S/C3H8N2O/c4-5-1-3(6)2-5/h3,6H,1-2,4H2. The Labute approximate surface area is 36.3 Å². The largest absolute Gasteiger partial charge is 0.390 e. The van der Waals surface area contributed by atoms with E-state index in [0.29, 0.717) is 13.1 Å². The van der Waals surface area contributed by atoms with Gasteiger partial charge in [-0.25, -0.2) is 5.01 Å². The van der Waals surface area contributed by atoms with Crippen LogP contribution in [-0.2, 0) is 0 Å². The van der Waals surface area contributed by atoms with Crippen LogP contribution in [0.1, 0.15) is 0 Å². The first kappa shape index (κ1) is 4.05. The SMILES string of the molecule is NN1CC(O)C1. The second-order valence-corrected chi connectivity index (χ2v) is 1.61. The summed E-state index contributed by atoms with van der Waals surface area (Å²) in [4.78, 5) is 0. The van der Waals surface area contributed by atoms with Crippen molar-refractivity contribution in [1.29, 1.82) is 0 Å². The molecule has 0 aromatic carbocycles. The fourth-order valence-electron chi connectivity index (χ4n) is 0.488. The predicted octanol–water partition coefficient (Wildman–Crippen LogP) is -1.46. The van der Waals surface area contributed by atoms with Gasteiger partial charge in [0.15, 0.2) is 0 Å². The molecule has 0 aromatic rings. The van der Waals surface area contributed by atoms with E-state index in [2.05, 4.69) is 0 Å². The summed E-state index contributed by atoms with van der Waals surface area (Å²) in [6.07, 6.45) is -0.157. The molecule has 1 rings (SSSR count). The minimum Gasteiger partial charge on any atom is -0.390 e. The molecule has 0 atom stereocenters. The van der Waals surface area contributed by atoms with Crippen LogP contribution in [0.5, 0.6) is 0 Å². The van der Waals surface area contributed by atoms with Crippen molar-refractivity contribution >= 4 is 0 Å². The van der Waals surface area contributed by atoms with Crippen LogP contribution in [0.4, 0.5) is 0 Å². The van der Waals surface area contributed by atoms with E-state index in [1.165, 1.54) is 0 Å². The molecule has 0 aliphatic carbocycles. The van der Waals surface area contributed by atoms with Crippen molar-refractivity contribution < 1.29 is 5.11 Å². The molecule has 1 aliphatic rings. The summed E-state index contributed by atoms with van der Waals surface area (Å²) in [6.45, 7) is 1.28. The van der Waals surface area contributed by atoms with Crippen molar-refractivity contribution in [1.82, 2.24) is 5.01 Å². The van der Waals surface area contributed by atoms with Crippen LogP contribution in [0.15, 0.2) is 0 Å². The van der Waals surface area contributed by atoms with Crippen molar-refractivity contribution in [3.63, 3.8) is 0 Å². The first-order valence-electron chi connectivity index (χ1n) is 1.97. The molecule has 0 spiro atoms. The Balaban J connectivity index is 2.11. The first-order valence-corrected chi connectivity index (χ1v) is 1.97. The molecule has 3 heteroatoms. The number of hydrogen-bond acceptors (Lipinski definition) is 3. The molecule has 3 nitrogen and oxygen atoms in total. The maximum atomic E-state index is 8.50. The van der Waals surface area contributed by atoms with Crippen molar-refractivity contribution in [2.24, 2.45) is 5.84 Å². The molecule has 0 bridgehead atoms. The van der Waals surface area contributed by atoms with Crippen LogP contribution in [0.3, 0.4) is 0 Å². The van der Waals surface area contributed by atoms with Crippen molar-refractivity contribution in [2.75, 3.05) is 13.1 Å². The second kappa shape index (κ2) is 1.18. The molecule has 1 fully saturated rings. The monoisotopic (exact) mass is 88.1 g/mol. The average molecular weight is 88.1 g/mol. The van der Waals surface area contributed by atoms with Gasteiger partial charge in [-0.2, -0.15) is 0 Å². The Morgan fingerprint density at radius 3 is 2.17 bits per heavy atom. The smallest absolute Gasteiger partial charge is 0.0821 e. The molecule has 6 heavy (non-hydrogen) atoms. The van der Waals surface area contributed by atoms with Crippen LogP contribution in [-0.4, -0.2) is 29.3 Å². The maximum Gasteiger partial charge on any atom is 0.0821 e. The number of aliphatic hydroxyl groups excluding tert-OH is 1. The molecule has 1 heterocycles. The molecule has 1 saturated heterocycles. The summed E-state index contributed by atoms with van der Waals surface area (Å²) in [5.74, 6) is 5.14. The number of nitrogens with zero attached hydrogens (tertiary/aromatic N) is 1. The van der Waals surface area contributed by atoms with E-state index in [-0.39, 0.29) is 6.10 Å². The first-order chi connectivity index (χ1) is 2.79. The molecule has 1 aliphatic heterocycles. The van der Waals surface area contributed by atoms with E-state index in [0.717, 1.165) is 0 Å². The van der Waals surface area contributed by atoms with Gasteiger partial charge in [0.2, 0.25) is 0 Å². The van der Waals surface area contributed by atoms with Crippen LogP contribution in [0.2, 0.25) is 0 Å². The minimum absolute atomic E-state index is 0.157. The zero-order valence-corrected chi connectivity index (χ0v) is 3.46. The molecule has 0 saturated carbocycles. The number of β-amino-alcohol motifs (C(OH)–C–C–N with tert-alkyl or cyclic N) is 1. The molecule has 3 N–H and O–H groups in total. The molecule has 0 aromatic heterocycles. The molecule has 0 unspecified atom stereocenters. The van der Waals surface area contributed by atoms with E-state index >= 15 is 0 Å². The van der Waals surface area contributed by atoms with E-state index in [4.69, 9.17) is 10.9 Å². The number of rotatable bonds is 0. The third-order valence-electron chi connectivity index (χ3n) is 0.891. The average Bonchev–Trinajstić information content (AvgIpc) is 1.33. The molecule has 0 radical (unpaired) electrons. The summed E-state index contributed by atoms with van der Waals surface area (Å²) in [5, 5.41) is 10.1. The highest BCUT2D eigenvalue weighted by molar-refractivity contribution is 4.72. The number of nitrogens with two attached hydrogens (primary N) is 1. The van der Waals surface area contributed by atoms with E-state index in [1.807, 2.05) is 0 Å². The van der Waals surface area contributed by atoms with Crippen LogP contribution < -0.4 is 5.84 Å². The van der Waals surface area contributed by atoms with E-state index in [1.54, 1.807) is 5.01 Å². The van der Waals surface area contributed by atoms with Gasteiger partial charge in [-0.1, -0.05) is 0 Å². The lowest BCUT2D eigenvalue weighted by Crippen LogP contribution is -2.54. The van der Waals surface area contributed by atoms with Gasteiger partial charge in [0, 0.05) is 13.1 Å². The molecular formula is C3H8N2O. The normalized spacial score (nSPS) is 27.0. The highest BCUT2D eigenvalue weighted by atomic mass is 16.3. The highest BCUT2D eigenvalue weighted by Gasteiger charge is 2.19. The second-order valence-electron chi connectivity index (χ2n) is 1.61. The fraction of sp³-hybridized carbons (Fsp3) is 1.00. The Bertz CT molecular complexity index is 44.8. The van der Waals surface area contributed by atoms with Gasteiger partial charge < -0.3 is 5.11 Å². The van der Waals surface area contributed by atoms with Gasteiger partial charge in [0.05, 0.1) is 6.10 Å². The molecule has 0 amide bonds. The van der Waals surface area contributed by atoms with E-state index < -0.39 is 0 Å². The number of hydrazine groups is 1. The van der Waals surface area contributed by atoms with Crippen molar-refractivity contribution in [3.05, 3.63) is 0 Å². The lowest BCUT2D eigenvalue weighted by atomic mass is 10.2. The highest BCUT2D eigenvalue weighted by Crippen LogP contribution is 1.97. The third-order valence-corrected chi connectivity index (χ3v) is 0.891. The topological polar surface area (TPSA) is 49.5 Å². The Hall–Kier alpha value is -0.120. The van der Waals surface area contributed by atoms with Crippen LogP contribution in [0, 0.1) is 0 Å². The lowest BCUT2D eigenvalue weighted by Gasteiger charge is -2.30. The Morgan fingerprint density at radius 2 is 2.17 bits per heavy atom. The molecule has 36 valence electrons. The van der Waals surface area contributed by atoms with Crippen molar-refractivity contribution in [3.8, 4) is 0 Å². The van der Waals surface area contributed by atoms with Gasteiger partial charge in [-0.15, -0.1) is 0 Å². The summed E-state index contributed by atoms with van der Waals surface area (Å²) >= 11 is 0. The number of hydrogen-bond donors (Lipinski definition) is 2. The third kappa shape index (κ3) is 0.518. The van der Waals surface area contributed by atoms with Gasteiger partial charge in [0.25, 0.3) is 0 Å². The van der Waals surface area contributed by atoms with Crippen LogP contribution >= 0.6 is 0 Å². The van der Waals surface area contributed by atoms with Gasteiger partial charge in [-0.05, 0) is 0 Å². The Morgan fingerprint density at radius 1 is 1.67 bits per heavy atom. The van der Waals surface area contributed by atoms with Crippen LogP contribution in [0.25, 0.3) is 0 Å². The van der Waals surface area contributed by atoms with E-state index in [9.17, 15) is 0 Å². The summed E-state index contributed by atoms with van der Waals surface area (Å²) in [7, 11) is 0. The summed E-state index contributed by atoms with van der Waals surface area (Å²) in [5.41, 5.74) is 0. The van der Waals surface area contributed by atoms with Gasteiger partial charge in [0.1, 0.15) is 0 Å². The fourth-order valence-corrected chi connectivity index (χ4v) is 0.488. The van der Waals surface area contributed by atoms with Crippen molar-refractivity contribution in [2.45, 2.75) is 6.10 Å².